The molecule has 0 aliphatic carbocycles. The highest BCUT2D eigenvalue weighted by atomic mass is 79.9. The summed E-state index contributed by atoms with van der Waals surface area (Å²) in [5.74, 6) is -0.819. The Bertz CT molecular complexity index is 521. The van der Waals surface area contributed by atoms with Gasteiger partial charge in [0.05, 0.1) is 5.56 Å². The Morgan fingerprint density at radius 1 is 1.50 bits per heavy atom. The molecule has 6 heteroatoms. The second-order valence-electron chi connectivity index (χ2n) is 5.04. The molecule has 2 heterocycles. The Morgan fingerprint density at radius 2 is 2.25 bits per heavy atom. The molecule has 1 fully saturated rings. The van der Waals surface area contributed by atoms with Crippen molar-refractivity contribution in [2.75, 3.05) is 6.54 Å². The lowest BCUT2D eigenvalue weighted by Gasteiger charge is -2.36. The van der Waals surface area contributed by atoms with Crippen LogP contribution in [0, 0.1) is 5.92 Å². The highest BCUT2D eigenvalue weighted by Crippen LogP contribution is 2.27. The Balaban J connectivity index is 2.21. The Morgan fingerprint density at radius 3 is 2.85 bits per heavy atom. The lowest BCUT2D eigenvalue weighted by Crippen LogP contribution is -2.50. The van der Waals surface area contributed by atoms with Crippen molar-refractivity contribution in [2.45, 2.75) is 32.2 Å². The molecule has 1 aromatic rings. The first kappa shape index (κ1) is 15.0. The van der Waals surface area contributed by atoms with Gasteiger partial charge in [0, 0.05) is 23.4 Å². The van der Waals surface area contributed by atoms with E-state index in [0.29, 0.717) is 28.9 Å². The molecule has 0 aromatic carbocycles. The maximum absolute atomic E-state index is 12.5. The first-order chi connectivity index (χ1) is 9.52. The number of nitrogens with zero attached hydrogens (tertiary/aromatic N) is 2. The van der Waals surface area contributed by atoms with Gasteiger partial charge in [-0.25, -0.2) is 4.79 Å². The van der Waals surface area contributed by atoms with E-state index in [1.165, 1.54) is 11.1 Å². The smallest absolute Gasteiger partial charge is 0.326 e. The van der Waals surface area contributed by atoms with Crippen LogP contribution in [0.1, 0.15) is 36.5 Å². The van der Waals surface area contributed by atoms with Gasteiger partial charge < -0.3 is 10.0 Å². The van der Waals surface area contributed by atoms with E-state index in [4.69, 9.17) is 0 Å². The van der Waals surface area contributed by atoms with Crippen LogP contribution in [0.25, 0.3) is 0 Å². The van der Waals surface area contributed by atoms with Gasteiger partial charge in [-0.2, -0.15) is 0 Å². The number of likely N-dealkylation sites (tertiary alicyclic amines) is 1. The Labute approximate surface area is 126 Å². The van der Waals surface area contributed by atoms with E-state index < -0.39 is 12.0 Å². The van der Waals surface area contributed by atoms with Gasteiger partial charge in [0.25, 0.3) is 5.91 Å². The number of aliphatic carboxylic acids is 1. The van der Waals surface area contributed by atoms with Crippen LogP contribution in [0.5, 0.6) is 0 Å². The fourth-order valence-corrected chi connectivity index (χ4v) is 2.95. The summed E-state index contributed by atoms with van der Waals surface area (Å²) < 4.78 is 0.707. The molecule has 0 radical (unpaired) electrons. The van der Waals surface area contributed by atoms with Crippen LogP contribution in [-0.4, -0.2) is 39.5 Å². The number of carboxylic acids is 1. The molecule has 2 rings (SSSR count). The van der Waals surface area contributed by atoms with E-state index in [1.54, 1.807) is 12.3 Å². The molecule has 2 unspecified atom stereocenters. The number of amides is 1. The Hall–Kier alpha value is -1.43. The maximum atomic E-state index is 12.5. The van der Waals surface area contributed by atoms with Crippen molar-refractivity contribution in [1.29, 1.82) is 0 Å². The number of piperidine rings is 1. The molecular weight excluding hydrogens is 324 g/mol. The van der Waals surface area contributed by atoms with Crippen molar-refractivity contribution in [2.24, 2.45) is 5.92 Å². The standard InChI is InChI=1S/C14H17BrN2O3/c1-2-9-3-4-17(12(5-9)14(19)20)13(18)10-6-11(15)8-16-7-10/h6-9,12H,2-5H2,1H3,(H,19,20). The zero-order chi connectivity index (χ0) is 14.7. The molecule has 108 valence electrons. The van der Waals surface area contributed by atoms with E-state index in [-0.39, 0.29) is 5.91 Å². The normalized spacial score (nSPS) is 22.6. The third-order valence-electron chi connectivity index (χ3n) is 3.79. The zero-order valence-electron chi connectivity index (χ0n) is 11.3. The summed E-state index contributed by atoms with van der Waals surface area (Å²) in [5, 5.41) is 9.35. The quantitative estimate of drug-likeness (QED) is 0.917. The van der Waals surface area contributed by atoms with Crippen LogP contribution >= 0.6 is 15.9 Å². The average molecular weight is 341 g/mol. The summed E-state index contributed by atoms with van der Waals surface area (Å²) >= 11 is 3.27. The molecule has 0 bridgehead atoms. The van der Waals surface area contributed by atoms with Crippen LogP contribution in [0.3, 0.4) is 0 Å². The van der Waals surface area contributed by atoms with Crippen LogP contribution in [0.4, 0.5) is 0 Å². The molecule has 20 heavy (non-hydrogen) atoms. The SMILES string of the molecule is CCC1CCN(C(=O)c2cncc(Br)c2)C(C(=O)O)C1. The molecule has 5 nitrogen and oxygen atoms in total. The first-order valence-corrected chi connectivity index (χ1v) is 7.46. The predicted octanol–water partition coefficient (Wildman–Crippen LogP) is 2.56. The van der Waals surface area contributed by atoms with E-state index in [1.807, 2.05) is 0 Å². The number of rotatable bonds is 3. The molecule has 1 saturated heterocycles. The van der Waals surface area contributed by atoms with E-state index in [9.17, 15) is 14.7 Å². The van der Waals surface area contributed by atoms with Gasteiger partial charge in [-0.1, -0.05) is 13.3 Å². The molecule has 0 spiro atoms. The number of carboxylic acid groups (broad SMARTS) is 1. The van der Waals surface area contributed by atoms with Crippen molar-refractivity contribution in [3.05, 3.63) is 28.5 Å². The summed E-state index contributed by atoms with van der Waals surface area (Å²) in [6.07, 6.45) is 5.39. The van der Waals surface area contributed by atoms with E-state index in [2.05, 4.69) is 27.8 Å². The summed E-state index contributed by atoms with van der Waals surface area (Å²) in [7, 11) is 0. The first-order valence-electron chi connectivity index (χ1n) is 6.67. The molecule has 1 amide bonds. The van der Waals surface area contributed by atoms with Crippen LogP contribution in [0.2, 0.25) is 0 Å². The van der Waals surface area contributed by atoms with Crippen molar-refractivity contribution >= 4 is 27.8 Å². The highest BCUT2D eigenvalue weighted by Gasteiger charge is 2.36. The van der Waals surface area contributed by atoms with Crippen molar-refractivity contribution < 1.29 is 14.7 Å². The molecule has 1 aliphatic rings. The minimum Gasteiger partial charge on any atom is -0.480 e. The average Bonchev–Trinajstić information content (AvgIpc) is 2.45. The van der Waals surface area contributed by atoms with Gasteiger partial charge in [0.2, 0.25) is 0 Å². The number of carbonyl (C=O) groups is 2. The number of carbonyl (C=O) groups excluding carboxylic acids is 1. The molecule has 2 atom stereocenters. The maximum Gasteiger partial charge on any atom is 0.326 e. The monoisotopic (exact) mass is 340 g/mol. The van der Waals surface area contributed by atoms with Crippen LogP contribution in [-0.2, 0) is 4.79 Å². The van der Waals surface area contributed by atoms with E-state index in [0.717, 1.165) is 12.8 Å². The van der Waals surface area contributed by atoms with Gasteiger partial charge in [-0.05, 0) is 40.8 Å². The summed E-state index contributed by atoms with van der Waals surface area (Å²) in [6.45, 7) is 2.54. The van der Waals surface area contributed by atoms with Gasteiger partial charge in [0.15, 0.2) is 0 Å². The van der Waals surface area contributed by atoms with Gasteiger partial charge in [-0.3, -0.25) is 9.78 Å². The highest BCUT2D eigenvalue weighted by molar-refractivity contribution is 9.10. The van der Waals surface area contributed by atoms with Crippen LogP contribution in [0.15, 0.2) is 22.9 Å². The van der Waals surface area contributed by atoms with Crippen LogP contribution < -0.4 is 0 Å². The second kappa shape index (κ2) is 6.35. The lowest BCUT2D eigenvalue weighted by atomic mass is 9.88. The van der Waals surface area contributed by atoms with Gasteiger partial charge >= 0.3 is 5.97 Å². The fraction of sp³-hybridized carbons (Fsp3) is 0.500. The molecule has 1 aromatic heterocycles. The number of halogens is 1. The second-order valence-corrected chi connectivity index (χ2v) is 5.96. The van der Waals surface area contributed by atoms with Crippen molar-refractivity contribution in [1.82, 2.24) is 9.88 Å². The minimum atomic E-state index is -0.931. The fourth-order valence-electron chi connectivity index (χ4n) is 2.58. The third kappa shape index (κ3) is 3.17. The van der Waals surface area contributed by atoms with Crippen molar-refractivity contribution in [3.63, 3.8) is 0 Å². The lowest BCUT2D eigenvalue weighted by molar-refractivity contribution is -0.144. The van der Waals surface area contributed by atoms with Crippen molar-refractivity contribution in [3.8, 4) is 0 Å². The molecular formula is C14H17BrN2O3. The van der Waals surface area contributed by atoms with Gasteiger partial charge in [-0.15, -0.1) is 0 Å². The number of pyridine rings is 1. The summed E-state index contributed by atoms with van der Waals surface area (Å²) in [5.41, 5.74) is 0.417. The largest absolute Gasteiger partial charge is 0.480 e. The zero-order valence-corrected chi connectivity index (χ0v) is 12.8. The minimum absolute atomic E-state index is 0.263. The van der Waals surface area contributed by atoms with E-state index >= 15 is 0 Å². The summed E-state index contributed by atoms with van der Waals surface area (Å²) in [4.78, 5) is 29.3. The number of aromatic nitrogens is 1. The molecule has 1 N–H and O–H groups in total. The summed E-state index contributed by atoms with van der Waals surface area (Å²) in [6, 6.07) is 0.931. The number of hydrogen-bond acceptors (Lipinski definition) is 3. The topological polar surface area (TPSA) is 70.5 Å². The molecule has 0 saturated carbocycles. The Kier molecular flexibility index (Phi) is 4.75. The predicted molar refractivity (Wildman–Crippen MR) is 77.4 cm³/mol. The number of hydrogen-bond donors (Lipinski definition) is 1. The van der Waals surface area contributed by atoms with Gasteiger partial charge in [0.1, 0.15) is 6.04 Å². The molecule has 1 aliphatic heterocycles. The third-order valence-corrected chi connectivity index (χ3v) is 4.22.